The highest BCUT2D eigenvalue weighted by atomic mass is 19.4. The molecule has 3 aromatic rings. The number of H-pyrrole nitrogens is 1. The SMILES string of the molecule is CC(C)=CN=c1nc(NC(C)c2cc3c(C)cc(C)cc3o2)nc(C(F)(F)F)[nH]1. The summed E-state index contributed by atoms with van der Waals surface area (Å²) < 4.78 is 45.5. The van der Waals surface area contributed by atoms with Gasteiger partial charge in [0.25, 0.3) is 0 Å². The minimum atomic E-state index is -4.66. The lowest BCUT2D eigenvalue weighted by atomic mass is 10.1. The smallest absolute Gasteiger partial charge is 0.449 e. The number of fused-ring (bicyclic) bond motifs is 1. The van der Waals surface area contributed by atoms with Crippen LogP contribution in [0.15, 0.2) is 39.4 Å². The zero-order valence-corrected chi connectivity index (χ0v) is 16.8. The summed E-state index contributed by atoms with van der Waals surface area (Å²) in [5, 5.41) is 3.83. The average molecular weight is 405 g/mol. The summed E-state index contributed by atoms with van der Waals surface area (Å²) in [6.45, 7) is 9.28. The number of benzene rings is 1. The molecular formula is C20H22F3N5O. The minimum Gasteiger partial charge on any atom is -0.459 e. The van der Waals surface area contributed by atoms with Crippen molar-refractivity contribution in [2.45, 2.75) is 46.8 Å². The molecule has 0 spiro atoms. The van der Waals surface area contributed by atoms with Crippen LogP contribution in [0.2, 0.25) is 0 Å². The molecule has 0 aliphatic carbocycles. The van der Waals surface area contributed by atoms with Gasteiger partial charge in [0, 0.05) is 11.6 Å². The van der Waals surface area contributed by atoms with Crippen LogP contribution in [0.1, 0.15) is 49.5 Å². The van der Waals surface area contributed by atoms with E-state index >= 15 is 0 Å². The van der Waals surface area contributed by atoms with Crippen molar-refractivity contribution in [1.82, 2.24) is 15.0 Å². The first-order valence-electron chi connectivity index (χ1n) is 9.03. The van der Waals surface area contributed by atoms with Crippen LogP contribution in [-0.4, -0.2) is 15.0 Å². The highest BCUT2D eigenvalue weighted by molar-refractivity contribution is 5.82. The van der Waals surface area contributed by atoms with Crippen LogP contribution in [0.3, 0.4) is 0 Å². The third-order valence-corrected chi connectivity index (χ3v) is 4.15. The summed E-state index contributed by atoms with van der Waals surface area (Å²) >= 11 is 0. The average Bonchev–Trinajstić information content (AvgIpc) is 3.03. The van der Waals surface area contributed by atoms with Gasteiger partial charge in [-0.25, -0.2) is 4.99 Å². The Hall–Kier alpha value is -3.10. The molecule has 0 bridgehead atoms. The number of aryl methyl sites for hydroxylation is 2. The Balaban J connectivity index is 1.98. The predicted octanol–water partition coefficient (Wildman–Crippen LogP) is 5.18. The number of hydrogen-bond acceptors (Lipinski definition) is 5. The number of alkyl halides is 3. The first-order chi connectivity index (χ1) is 13.5. The fourth-order valence-corrected chi connectivity index (χ4v) is 2.83. The third kappa shape index (κ3) is 4.85. The fourth-order valence-electron chi connectivity index (χ4n) is 2.83. The lowest BCUT2D eigenvalue weighted by Gasteiger charge is -2.13. The second kappa shape index (κ2) is 7.73. The van der Waals surface area contributed by atoms with Crippen LogP contribution >= 0.6 is 0 Å². The number of nitrogens with zero attached hydrogens (tertiary/aromatic N) is 3. The molecule has 3 rings (SSSR count). The van der Waals surface area contributed by atoms with Crippen molar-refractivity contribution in [3.05, 3.63) is 58.3 Å². The molecular weight excluding hydrogens is 383 g/mol. The molecule has 9 heteroatoms. The van der Waals surface area contributed by atoms with Crippen LogP contribution in [0.5, 0.6) is 0 Å². The molecule has 0 saturated heterocycles. The molecule has 0 radical (unpaired) electrons. The van der Waals surface area contributed by atoms with Gasteiger partial charge in [-0.3, -0.25) is 0 Å². The van der Waals surface area contributed by atoms with E-state index in [0.717, 1.165) is 27.7 Å². The van der Waals surface area contributed by atoms with E-state index in [0.29, 0.717) is 5.76 Å². The van der Waals surface area contributed by atoms with Crippen LogP contribution in [-0.2, 0) is 6.18 Å². The number of halogens is 3. The van der Waals surface area contributed by atoms with Crippen LogP contribution < -0.4 is 10.9 Å². The summed E-state index contributed by atoms with van der Waals surface area (Å²) in [7, 11) is 0. The maximum absolute atomic E-state index is 13.2. The Kier molecular flexibility index (Phi) is 5.50. The Labute approximate surface area is 165 Å². The number of hydrogen-bond donors (Lipinski definition) is 2. The molecule has 1 unspecified atom stereocenters. The number of aromatic nitrogens is 3. The van der Waals surface area contributed by atoms with Crippen molar-refractivity contribution in [3.63, 3.8) is 0 Å². The third-order valence-electron chi connectivity index (χ3n) is 4.15. The van der Waals surface area contributed by atoms with Gasteiger partial charge < -0.3 is 14.7 Å². The molecule has 6 nitrogen and oxygen atoms in total. The van der Waals surface area contributed by atoms with E-state index in [1.807, 2.05) is 32.0 Å². The molecule has 0 aliphatic rings. The number of furan rings is 1. The summed E-state index contributed by atoms with van der Waals surface area (Å²) in [4.78, 5) is 13.6. The van der Waals surface area contributed by atoms with E-state index in [4.69, 9.17) is 4.42 Å². The van der Waals surface area contributed by atoms with E-state index in [9.17, 15) is 13.2 Å². The number of rotatable bonds is 4. The monoisotopic (exact) mass is 405 g/mol. The predicted molar refractivity (Wildman–Crippen MR) is 104 cm³/mol. The van der Waals surface area contributed by atoms with Crippen LogP contribution in [0, 0.1) is 13.8 Å². The van der Waals surface area contributed by atoms with Crippen LogP contribution in [0.25, 0.3) is 11.0 Å². The van der Waals surface area contributed by atoms with Gasteiger partial charge in [0.05, 0.1) is 6.04 Å². The quantitative estimate of drug-likeness (QED) is 0.627. The van der Waals surface area contributed by atoms with Crippen molar-refractivity contribution in [1.29, 1.82) is 0 Å². The minimum absolute atomic E-state index is 0.195. The Bertz CT molecular complexity index is 1140. The van der Waals surface area contributed by atoms with Gasteiger partial charge in [0.2, 0.25) is 17.4 Å². The highest BCUT2D eigenvalue weighted by Crippen LogP contribution is 2.29. The molecule has 0 saturated carbocycles. The fraction of sp³-hybridized carbons (Fsp3) is 0.350. The molecule has 0 amide bonds. The number of nitrogens with one attached hydrogen (secondary N) is 2. The Morgan fingerprint density at radius 1 is 1.21 bits per heavy atom. The van der Waals surface area contributed by atoms with E-state index < -0.39 is 18.0 Å². The van der Waals surface area contributed by atoms with E-state index in [2.05, 4.69) is 25.3 Å². The van der Waals surface area contributed by atoms with E-state index in [1.54, 1.807) is 20.8 Å². The standard InChI is InChI=1S/C20H22F3N5O/c1-10(2)9-24-18-26-17(20(21,22)23)27-19(28-18)25-13(5)15-8-14-12(4)6-11(3)7-16(14)29-15/h6-9,13H,1-5H3,(H2,24,25,26,27,28). The first-order valence-corrected chi connectivity index (χ1v) is 9.03. The molecule has 2 heterocycles. The summed E-state index contributed by atoms with van der Waals surface area (Å²) in [6, 6.07) is 5.38. The molecule has 29 heavy (non-hydrogen) atoms. The molecule has 1 aromatic carbocycles. The maximum atomic E-state index is 13.2. The lowest BCUT2D eigenvalue weighted by Crippen LogP contribution is -2.25. The Morgan fingerprint density at radius 3 is 2.59 bits per heavy atom. The second-order valence-corrected chi connectivity index (χ2v) is 7.19. The van der Waals surface area contributed by atoms with Crippen molar-refractivity contribution in [3.8, 4) is 0 Å². The van der Waals surface area contributed by atoms with Crippen LogP contribution in [0.4, 0.5) is 19.1 Å². The lowest BCUT2D eigenvalue weighted by molar-refractivity contribution is -0.145. The molecule has 1 atom stereocenters. The molecule has 154 valence electrons. The van der Waals surface area contributed by atoms with Crippen molar-refractivity contribution >= 4 is 16.9 Å². The Morgan fingerprint density at radius 2 is 1.93 bits per heavy atom. The van der Waals surface area contributed by atoms with Gasteiger partial charge in [-0.15, -0.1) is 0 Å². The van der Waals surface area contributed by atoms with Crippen molar-refractivity contribution in [2.75, 3.05) is 5.32 Å². The van der Waals surface area contributed by atoms with Crippen molar-refractivity contribution in [2.24, 2.45) is 4.99 Å². The maximum Gasteiger partial charge on any atom is 0.449 e. The van der Waals surface area contributed by atoms with E-state index in [1.165, 1.54) is 6.20 Å². The second-order valence-electron chi connectivity index (χ2n) is 7.19. The normalized spacial score (nSPS) is 13.6. The molecule has 0 aliphatic heterocycles. The molecule has 0 fully saturated rings. The largest absolute Gasteiger partial charge is 0.459 e. The zero-order chi connectivity index (χ0) is 21.3. The van der Waals surface area contributed by atoms with E-state index in [-0.39, 0.29) is 11.6 Å². The summed E-state index contributed by atoms with van der Waals surface area (Å²) in [5.41, 5.74) is 3.48. The van der Waals surface area contributed by atoms with Gasteiger partial charge in [0.1, 0.15) is 11.3 Å². The van der Waals surface area contributed by atoms with Gasteiger partial charge in [0.15, 0.2) is 0 Å². The van der Waals surface area contributed by atoms with Gasteiger partial charge in [-0.2, -0.15) is 23.1 Å². The van der Waals surface area contributed by atoms with Crippen molar-refractivity contribution < 1.29 is 17.6 Å². The topological polar surface area (TPSA) is 79.1 Å². The number of allylic oxidation sites excluding steroid dienone is 1. The molecule has 2 N–H and O–H groups in total. The zero-order valence-electron chi connectivity index (χ0n) is 16.8. The number of aromatic amines is 1. The highest BCUT2D eigenvalue weighted by Gasteiger charge is 2.34. The van der Waals surface area contributed by atoms with Gasteiger partial charge >= 0.3 is 6.18 Å². The van der Waals surface area contributed by atoms with Gasteiger partial charge in [-0.05, 0) is 57.9 Å². The summed E-state index contributed by atoms with van der Waals surface area (Å²) in [6.07, 6.45) is -3.23. The number of anilines is 1. The molecule has 2 aromatic heterocycles. The first kappa shape index (κ1) is 20.6. The summed E-state index contributed by atoms with van der Waals surface area (Å²) in [5.74, 6) is -0.807. The van der Waals surface area contributed by atoms with Gasteiger partial charge in [-0.1, -0.05) is 11.6 Å².